The molecule has 7 heteroatoms. The second-order valence-electron chi connectivity index (χ2n) is 9.02. The third-order valence-electron chi connectivity index (χ3n) is 6.59. The van der Waals surface area contributed by atoms with Gasteiger partial charge in [0.2, 0.25) is 0 Å². The highest BCUT2D eigenvalue weighted by molar-refractivity contribution is 7.80. The van der Waals surface area contributed by atoms with Crippen molar-refractivity contribution in [2.75, 3.05) is 33.0 Å². The minimum Gasteiger partial charge on any atom is -0.478 e. The van der Waals surface area contributed by atoms with Gasteiger partial charge in [-0.25, -0.2) is 4.79 Å². The van der Waals surface area contributed by atoms with E-state index in [9.17, 15) is 14.7 Å². The van der Waals surface area contributed by atoms with Crippen LogP contribution >= 0.6 is 12.2 Å². The van der Waals surface area contributed by atoms with Gasteiger partial charge in [0, 0.05) is 18.4 Å². The highest BCUT2D eigenvalue weighted by atomic mass is 32.1. The summed E-state index contributed by atoms with van der Waals surface area (Å²) in [6.45, 7) is 3.83. The van der Waals surface area contributed by atoms with Crippen molar-refractivity contribution < 1.29 is 24.2 Å². The van der Waals surface area contributed by atoms with E-state index in [1.807, 2.05) is 55.5 Å². The number of carboxylic acids is 1. The standard InChI is InChI=1S/C30H27NO5S/c1-18(37)11-13-35-15-16-36-14-12-31-29(32)28-24(30(33)34)17-20-7-4-9-22-21-8-2-5-19-6-3-10-23(25(19)21)27(28)26(20)22/h2-10,17H,11-16H2,1H3,(H,31,32)(H,33,34). The average molecular weight is 514 g/mol. The predicted molar refractivity (Wildman–Crippen MR) is 151 cm³/mol. The first-order valence-corrected chi connectivity index (χ1v) is 12.7. The number of benzene rings is 5. The van der Waals surface area contributed by atoms with E-state index >= 15 is 0 Å². The lowest BCUT2D eigenvalue weighted by Gasteiger charge is -2.18. The van der Waals surface area contributed by atoms with Crippen LogP contribution in [0, 0.1) is 0 Å². The molecule has 5 aromatic carbocycles. The van der Waals surface area contributed by atoms with E-state index in [0.717, 1.165) is 49.0 Å². The first kappa shape index (κ1) is 25.0. The van der Waals surface area contributed by atoms with Gasteiger partial charge in [0.15, 0.2) is 0 Å². The van der Waals surface area contributed by atoms with Crippen molar-refractivity contribution in [1.82, 2.24) is 5.32 Å². The van der Waals surface area contributed by atoms with Crippen LogP contribution < -0.4 is 5.32 Å². The van der Waals surface area contributed by atoms with Gasteiger partial charge in [0.1, 0.15) is 0 Å². The minimum atomic E-state index is -1.14. The summed E-state index contributed by atoms with van der Waals surface area (Å²) in [6.07, 6.45) is 0.741. The molecule has 0 saturated carbocycles. The molecule has 0 aliphatic carbocycles. The van der Waals surface area contributed by atoms with Gasteiger partial charge in [0.05, 0.1) is 37.6 Å². The Hall–Kier alpha value is -3.65. The van der Waals surface area contributed by atoms with Gasteiger partial charge in [-0.2, -0.15) is 0 Å². The molecule has 0 bridgehead atoms. The lowest BCUT2D eigenvalue weighted by atomic mass is 9.85. The molecule has 5 rings (SSSR count). The maximum Gasteiger partial charge on any atom is 0.336 e. The Morgan fingerprint density at radius 3 is 2.11 bits per heavy atom. The van der Waals surface area contributed by atoms with Crippen LogP contribution in [0.5, 0.6) is 0 Å². The molecule has 2 N–H and O–H groups in total. The highest BCUT2D eigenvalue weighted by Crippen LogP contribution is 2.42. The van der Waals surface area contributed by atoms with Crippen LogP contribution in [0.4, 0.5) is 0 Å². The number of rotatable bonds is 11. The number of carbonyl (C=O) groups is 2. The Kier molecular flexibility index (Phi) is 7.28. The van der Waals surface area contributed by atoms with Gasteiger partial charge in [-0.3, -0.25) is 4.79 Å². The quantitative estimate of drug-likeness (QED) is 0.0979. The zero-order valence-electron chi connectivity index (χ0n) is 20.5. The molecule has 0 aromatic heterocycles. The lowest BCUT2D eigenvalue weighted by molar-refractivity contribution is 0.0508. The van der Waals surface area contributed by atoms with E-state index in [1.165, 1.54) is 0 Å². The fourth-order valence-electron chi connectivity index (χ4n) is 4.99. The number of nitrogens with one attached hydrogen (secondary N) is 1. The third-order valence-corrected chi connectivity index (χ3v) is 6.79. The zero-order valence-corrected chi connectivity index (χ0v) is 21.3. The molecule has 0 fully saturated rings. The molecule has 0 heterocycles. The van der Waals surface area contributed by atoms with Gasteiger partial charge >= 0.3 is 5.97 Å². The predicted octanol–water partition coefficient (Wildman–Crippen LogP) is 5.98. The first-order valence-electron chi connectivity index (χ1n) is 12.3. The van der Waals surface area contributed by atoms with Crippen LogP contribution in [-0.2, 0) is 9.47 Å². The molecule has 6 nitrogen and oxygen atoms in total. The Morgan fingerprint density at radius 1 is 0.811 bits per heavy atom. The summed E-state index contributed by atoms with van der Waals surface area (Å²) >= 11 is 5.02. The van der Waals surface area contributed by atoms with E-state index in [0.29, 0.717) is 25.2 Å². The molecule has 0 radical (unpaired) electrons. The SMILES string of the molecule is CC(=S)CCOCCOCCNC(=O)c1c(C(=O)O)cc2cccc3c4cccc5cccc(c1c23)c54. The molecule has 0 saturated heterocycles. The number of fused-ring (bicyclic) bond motifs is 2. The Morgan fingerprint density at radius 2 is 1.43 bits per heavy atom. The number of amides is 1. The van der Waals surface area contributed by atoms with E-state index in [1.54, 1.807) is 6.07 Å². The summed E-state index contributed by atoms with van der Waals surface area (Å²) in [6, 6.07) is 19.5. The van der Waals surface area contributed by atoms with Crippen LogP contribution in [0.3, 0.4) is 0 Å². The van der Waals surface area contributed by atoms with E-state index < -0.39 is 11.9 Å². The Labute approximate surface area is 219 Å². The molecular formula is C30H27NO5S. The van der Waals surface area contributed by atoms with Crippen molar-refractivity contribution in [3.63, 3.8) is 0 Å². The number of thiocarbonyl (C=S) groups is 1. The smallest absolute Gasteiger partial charge is 0.336 e. The van der Waals surface area contributed by atoms with Crippen LogP contribution in [0.25, 0.3) is 43.1 Å². The van der Waals surface area contributed by atoms with Crippen LogP contribution in [0.15, 0.2) is 60.7 Å². The van der Waals surface area contributed by atoms with Crippen molar-refractivity contribution >= 4 is 72.0 Å². The first-order chi connectivity index (χ1) is 18.0. The van der Waals surface area contributed by atoms with Crippen molar-refractivity contribution in [2.45, 2.75) is 13.3 Å². The summed E-state index contributed by atoms with van der Waals surface area (Å²) in [5.74, 6) is -1.57. The molecule has 5 aromatic rings. The average Bonchev–Trinajstić information content (AvgIpc) is 2.89. The van der Waals surface area contributed by atoms with Crippen LogP contribution in [-0.4, -0.2) is 54.8 Å². The van der Waals surface area contributed by atoms with Crippen LogP contribution in [0.1, 0.15) is 34.1 Å². The summed E-state index contributed by atoms with van der Waals surface area (Å²) in [5.41, 5.74) is 0.157. The number of hydrogen-bond acceptors (Lipinski definition) is 5. The maximum atomic E-state index is 13.5. The lowest BCUT2D eigenvalue weighted by Crippen LogP contribution is -2.29. The minimum absolute atomic E-state index is 0.0170. The molecule has 188 valence electrons. The second kappa shape index (κ2) is 10.8. The summed E-state index contributed by atoms with van der Waals surface area (Å²) in [5, 5.41) is 20.3. The molecule has 1 amide bonds. The zero-order chi connectivity index (χ0) is 25.9. The monoisotopic (exact) mass is 513 g/mol. The number of hydrogen-bond donors (Lipinski definition) is 2. The van der Waals surface area contributed by atoms with E-state index in [4.69, 9.17) is 21.7 Å². The topological polar surface area (TPSA) is 84.9 Å². The second-order valence-corrected chi connectivity index (χ2v) is 9.72. The molecule has 0 spiro atoms. The normalized spacial score (nSPS) is 11.6. The molecule has 37 heavy (non-hydrogen) atoms. The number of ether oxygens (including phenoxy) is 2. The number of carboxylic acid groups (broad SMARTS) is 1. The van der Waals surface area contributed by atoms with E-state index in [2.05, 4.69) is 11.4 Å². The van der Waals surface area contributed by atoms with Crippen LogP contribution in [0.2, 0.25) is 0 Å². The molecule has 0 aliphatic heterocycles. The fraction of sp³-hybridized carbons (Fsp3) is 0.233. The fourth-order valence-corrected chi connectivity index (χ4v) is 5.08. The molecule has 0 unspecified atom stereocenters. The Bertz CT molecular complexity index is 1640. The summed E-state index contributed by atoms with van der Waals surface area (Å²) < 4.78 is 11.0. The van der Waals surface area contributed by atoms with Gasteiger partial charge in [-0.15, -0.1) is 0 Å². The molecular weight excluding hydrogens is 486 g/mol. The number of carbonyl (C=O) groups excluding carboxylic acids is 1. The van der Waals surface area contributed by atoms with Gasteiger partial charge < -0.3 is 19.9 Å². The number of aromatic carboxylic acids is 1. The van der Waals surface area contributed by atoms with E-state index in [-0.39, 0.29) is 24.3 Å². The Balaban J connectivity index is 1.48. The molecule has 0 atom stereocenters. The van der Waals surface area contributed by atoms with Crippen molar-refractivity contribution in [2.24, 2.45) is 0 Å². The van der Waals surface area contributed by atoms with Gasteiger partial charge in [-0.1, -0.05) is 66.8 Å². The summed E-state index contributed by atoms with van der Waals surface area (Å²) in [7, 11) is 0. The third kappa shape index (κ3) is 4.85. The highest BCUT2D eigenvalue weighted by Gasteiger charge is 2.25. The van der Waals surface area contributed by atoms with Crippen molar-refractivity contribution in [3.8, 4) is 0 Å². The molecule has 0 aliphatic rings. The van der Waals surface area contributed by atoms with Gasteiger partial charge in [-0.05, 0) is 55.6 Å². The van der Waals surface area contributed by atoms with Crippen molar-refractivity contribution in [1.29, 1.82) is 0 Å². The maximum absolute atomic E-state index is 13.5. The largest absolute Gasteiger partial charge is 0.478 e. The summed E-state index contributed by atoms with van der Waals surface area (Å²) in [4.78, 5) is 26.8. The van der Waals surface area contributed by atoms with Crippen molar-refractivity contribution in [3.05, 3.63) is 71.8 Å². The van der Waals surface area contributed by atoms with Gasteiger partial charge in [0.25, 0.3) is 5.91 Å².